The normalized spacial score (nSPS) is 14.8. The molecule has 0 saturated heterocycles. The number of rotatable bonds is 6. The van der Waals surface area contributed by atoms with Crippen molar-refractivity contribution in [2.24, 2.45) is 0 Å². The highest BCUT2D eigenvalue weighted by molar-refractivity contribution is 9.10. The average molecular weight is 282 g/mol. The summed E-state index contributed by atoms with van der Waals surface area (Å²) in [6.45, 7) is 5.44. The molecule has 0 aromatic heterocycles. The molecule has 0 atom stereocenters. The molecule has 1 fully saturated rings. The lowest BCUT2D eigenvalue weighted by molar-refractivity contribution is 0.348. The van der Waals surface area contributed by atoms with E-state index in [9.17, 15) is 0 Å². The first-order chi connectivity index (χ1) is 7.74. The summed E-state index contributed by atoms with van der Waals surface area (Å²) in [5.74, 6) is 0.885. The lowest BCUT2D eigenvalue weighted by atomic mass is 10.3. The van der Waals surface area contributed by atoms with Crippen molar-refractivity contribution in [3.05, 3.63) is 40.9 Å². The molecule has 2 rings (SSSR count). The zero-order valence-electron chi connectivity index (χ0n) is 9.21. The van der Waals surface area contributed by atoms with Gasteiger partial charge < -0.3 is 10.1 Å². The van der Waals surface area contributed by atoms with Crippen LogP contribution in [0.25, 0.3) is 0 Å². The molecule has 1 saturated carbocycles. The van der Waals surface area contributed by atoms with Crippen molar-refractivity contribution in [2.45, 2.75) is 18.9 Å². The van der Waals surface area contributed by atoms with Crippen LogP contribution in [0.15, 0.2) is 40.9 Å². The molecule has 1 aromatic rings. The number of halogens is 1. The number of nitrogens with one attached hydrogen (secondary N) is 1. The molecule has 0 radical (unpaired) electrons. The highest BCUT2D eigenvalue weighted by Crippen LogP contribution is 2.19. The fourth-order valence-corrected chi connectivity index (χ4v) is 1.61. The van der Waals surface area contributed by atoms with Gasteiger partial charge in [0.2, 0.25) is 0 Å². The lowest BCUT2D eigenvalue weighted by Crippen LogP contribution is -2.21. The Hall–Kier alpha value is -0.800. The van der Waals surface area contributed by atoms with E-state index < -0.39 is 0 Å². The van der Waals surface area contributed by atoms with Crippen molar-refractivity contribution in [1.82, 2.24) is 5.32 Å². The van der Waals surface area contributed by atoms with Crippen LogP contribution in [0.3, 0.4) is 0 Å². The van der Waals surface area contributed by atoms with Crippen molar-refractivity contribution < 1.29 is 4.74 Å². The lowest BCUT2D eigenvalue weighted by Gasteiger charge is -2.09. The monoisotopic (exact) mass is 281 g/mol. The van der Waals surface area contributed by atoms with Crippen molar-refractivity contribution in [3.8, 4) is 5.75 Å². The summed E-state index contributed by atoms with van der Waals surface area (Å²) in [5.41, 5.74) is 1.09. The molecular formula is C13H16BrNO. The van der Waals surface area contributed by atoms with E-state index in [2.05, 4.69) is 27.8 Å². The number of hydrogen-bond donors (Lipinski definition) is 1. The van der Waals surface area contributed by atoms with Gasteiger partial charge in [0.15, 0.2) is 0 Å². The summed E-state index contributed by atoms with van der Waals surface area (Å²) in [5, 5.41) is 3.41. The SMILES string of the molecule is C=C(CNC1CC1)COc1ccc(Br)cc1. The highest BCUT2D eigenvalue weighted by atomic mass is 79.9. The van der Waals surface area contributed by atoms with Crippen LogP contribution in [0.1, 0.15) is 12.8 Å². The van der Waals surface area contributed by atoms with Crippen molar-refractivity contribution in [3.63, 3.8) is 0 Å². The Labute approximate surface area is 105 Å². The third kappa shape index (κ3) is 3.99. The molecule has 0 amide bonds. The van der Waals surface area contributed by atoms with E-state index in [-0.39, 0.29) is 0 Å². The maximum atomic E-state index is 5.62. The third-order valence-corrected chi connectivity index (χ3v) is 3.00. The molecular weight excluding hydrogens is 266 g/mol. The molecule has 1 N–H and O–H groups in total. The first kappa shape index (κ1) is 11.7. The quantitative estimate of drug-likeness (QED) is 0.809. The topological polar surface area (TPSA) is 21.3 Å². The van der Waals surface area contributed by atoms with Crippen LogP contribution in [0.4, 0.5) is 0 Å². The summed E-state index contributed by atoms with van der Waals surface area (Å²) < 4.78 is 6.68. The number of hydrogen-bond acceptors (Lipinski definition) is 2. The molecule has 3 heteroatoms. The fourth-order valence-electron chi connectivity index (χ4n) is 1.34. The smallest absolute Gasteiger partial charge is 0.119 e. The van der Waals surface area contributed by atoms with Crippen LogP contribution in [-0.2, 0) is 0 Å². The van der Waals surface area contributed by atoms with Crippen LogP contribution < -0.4 is 10.1 Å². The maximum Gasteiger partial charge on any atom is 0.119 e. The van der Waals surface area contributed by atoms with Crippen molar-refractivity contribution >= 4 is 15.9 Å². The maximum absolute atomic E-state index is 5.62. The molecule has 0 bridgehead atoms. The van der Waals surface area contributed by atoms with E-state index in [4.69, 9.17) is 4.74 Å². The summed E-state index contributed by atoms with van der Waals surface area (Å²) in [7, 11) is 0. The van der Waals surface area contributed by atoms with Crippen LogP contribution in [-0.4, -0.2) is 19.2 Å². The summed E-state index contributed by atoms with van der Waals surface area (Å²) >= 11 is 3.39. The number of ether oxygens (including phenoxy) is 1. The Morgan fingerprint density at radius 1 is 1.38 bits per heavy atom. The zero-order chi connectivity index (χ0) is 11.4. The molecule has 0 spiro atoms. The fraction of sp³-hybridized carbons (Fsp3) is 0.385. The molecule has 0 unspecified atom stereocenters. The van der Waals surface area contributed by atoms with Gasteiger partial charge in [0.25, 0.3) is 0 Å². The van der Waals surface area contributed by atoms with Gasteiger partial charge in [0, 0.05) is 17.1 Å². The minimum absolute atomic E-state index is 0.585. The van der Waals surface area contributed by atoms with E-state index in [1.165, 1.54) is 12.8 Å². The molecule has 1 aromatic carbocycles. The minimum atomic E-state index is 0.585. The molecule has 2 nitrogen and oxygen atoms in total. The van der Waals surface area contributed by atoms with Gasteiger partial charge in [-0.1, -0.05) is 22.5 Å². The average Bonchev–Trinajstić information content (AvgIpc) is 3.09. The third-order valence-electron chi connectivity index (χ3n) is 2.47. The molecule has 0 heterocycles. The largest absolute Gasteiger partial charge is 0.489 e. The molecule has 16 heavy (non-hydrogen) atoms. The standard InChI is InChI=1S/C13H16BrNO/c1-10(8-15-12-4-5-12)9-16-13-6-2-11(14)3-7-13/h2-3,6-7,12,15H,1,4-5,8-9H2. The van der Waals surface area contributed by atoms with Gasteiger partial charge in [-0.25, -0.2) is 0 Å². The molecule has 86 valence electrons. The van der Waals surface area contributed by atoms with Gasteiger partial charge in [0.05, 0.1) is 0 Å². The van der Waals surface area contributed by atoms with Gasteiger partial charge in [-0.3, -0.25) is 0 Å². The summed E-state index contributed by atoms with van der Waals surface area (Å²) in [6, 6.07) is 8.57. The number of benzene rings is 1. The van der Waals surface area contributed by atoms with E-state index in [1.807, 2.05) is 24.3 Å². The summed E-state index contributed by atoms with van der Waals surface area (Å²) in [4.78, 5) is 0. The first-order valence-electron chi connectivity index (χ1n) is 5.52. The second kappa shape index (κ2) is 5.51. The zero-order valence-corrected chi connectivity index (χ0v) is 10.8. The molecule has 1 aliphatic carbocycles. The van der Waals surface area contributed by atoms with Crippen LogP contribution in [0.2, 0.25) is 0 Å². The minimum Gasteiger partial charge on any atom is -0.489 e. The Morgan fingerprint density at radius 3 is 2.69 bits per heavy atom. The Morgan fingerprint density at radius 2 is 2.06 bits per heavy atom. The van der Waals surface area contributed by atoms with E-state index >= 15 is 0 Å². The van der Waals surface area contributed by atoms with Crippen LogP contribution in [0, 0.1) is 0 Å². The van der Waals surface area contributed by atoms with Gasteiger partial charge in [-0.2, -0.15) is 0 Å². The Kier molecular flexibility index (Phi) is 4.02. The van der Waals surface area contributed by atoms with Gasteiger partial charge in [0.1, 0.15) is 12.4 Å². The van der Waals surface area contributed by atoms with E-state index in [0.717, 1.165) is 28.4 Å². The van der Waals surface area contributed by atoms with Gasteiger partial charge in [-0.15, -0.1) is 0 Å². The van der Waals surface area contributed by atoms with E-state index in [1.54, 1.807) is 0 Å². The van der Waals surface area contributed by atoms with Crippen LogP contribution >= 0.6 is 15.9 Å². The highest BCUT2D eigenvalue weighted by Gasteiger charge is 2.19. The predicted molar refractivity (Wildman–Crippen MR) is 69.8 cm³/mol. The Bertz CT molecular complexity index is 357. The van der Waals surface area contributed by atoms with Gasteiger partial charge in [-0.05, 0) is 42.7 Å². The Balaban J connectivity index is 1.69. The second-order valence-electron chi connectivity index (χ2n) is 4.15. The second-order valence-corrected chi connectivity index (χ2v) is 5.06. The van der Waals surface area contributed by atoms with Crippen molar-refractivity contribution in [2.75, 3.05) is 13.2 Å². The van der Waals surface area contributed by atoms with E-state index in [0.29, 0.717) is 6.61 Å². The van der Waals surface area contributed by atoms with Crippen LogP contribution in [0.5, 0.6) is 5.75 Å². The van der Waals surface area contributed by atoms with Gasteiger partial charge >= 0.3 is 0 Å². The van der Waals surface area contributed by atoms with Crippen molar-refractivity contribution in [1.29, 1.82) is 0 Å². The molecule has 0 aliphatic heterocycles. The predicted octanol–water partition coefficient (Wildman–Crippen LogP) is 3.14. The molecule has 1 aliphatic rings. The first-order valence-corrected chi connectivity index (χ1v) is 6.32. The summed E-state index contributed by atoms with van der Waals surface area (Å²) in [6.07, 6.45) is 2.61.